The highest BCUT2D eigenvalue weighted by atomic mass is 16.4. The fraction of sp³-hybridized carbons (Fsp3) is 0.444. The van der Waals surface area contributed by atoms with Crippen molar-refractivity contribution in [2.75, 3.05) is 6.54 Å². The number of nitrogens with zero attached hydrogens (tertiary/aromatic N) is 1. The van der Waals surface area contributed by atoms with Gasteiger partial charge in [0.05, 0.1) is 11.6 Å². The van der Waals surface area contributed by atoms with Crippen LogP contribution < -0.4 is 5.32 Å². The molecule has 6 nitrogen and oxygen atoms in total. The molecule has 1 rings (SSSR count). The number of nitrogens with one attached hydrogen (secondary N) is 1. The van der Waals surface area contributed by atoms with Gasteiger partial charge in [-0.15, -0.1) is 0 Å². The Labute approximate surface area is 86.3 Å². The van der Waals surface area contributed by atoms with Crippen molar-refractivity contribution in [1.29, 1.82) is 0 Å². The van der Waals surface area contributed by atoms with E-state index in [0.29, 0.717) is 5.69 Å². The van der Waals surface area contributed by atoms with E-state index in [1.165, 1.54) is 13.3 Å². The first-order chi connectivity index (χ1) is 7.02. The van der Waals surface area contributed by atoms with Crippen molar-refractivity contribution < 1.29 is 19.1 Å². The number of carbonyl (C=O) groups excluding carboxylic acids is 1. The molecule has 1 aromatic rings. The van der Waals surface area contributed by atoms with Crippen molar-refractivity contribution in [3.8, 4) is 0 Å². The van der Waals surface area contributed by atoms with Gasteiger partial charge in [-0.05, 0) is 6.92 Å². The Morgan fingerprint density at radius 3 is 2.80 bits per heavy atom. The Kier molecular flexibility index (Phi) is 3.43. The molecule has 1 amide bonds. The van der Waals surface area contributed by atoms with E-state index in [9.17, 15) is 9.59 Å². The van der Waals surface area contributed by atoms with Gasteiger partial charge in [-0.25, -0.2) is 4.98 Å². The van der Waals surface area contributed by atoms with Crippen LogP contribution in [0.1, 0.15) is 23.2 Å². The van der Waals surface area contributed by atoms with Gasteiger partial charge >= 0.3 is 5.97 Å². The first-order valence-corrected chi connectivity index (χ1v) is 4.43. The molecular weight excluding hydrogens is 200 g/mol. The molecule has 0 aromatic carbocycles. The van der Waals surface area contributed by atoms with Crippen LogP contribution in [-0.4, -0.2) is 28.5 Å². The van der Waals surface area contributed by atoms with E-state index in [0.717, 1.165) is 0 Å². The zero-order chi connectivity index (χ0) is 11.4. The zero-order valence-corrected chi connectivity index (χ0v) is 8.48. The Morgan fingerprint density at radius 2 is 2.33 bits per heavy atom. The van der Waals surface area contributed by atoms with Crippen molar-refractivity contribution in [2.45, 2.75) is 13.8 Å². The second-order valence-corrected chi connectivity index (χ2v) is 3.22. The second kappa shape index (κ2) is 4.59. The number of oxazole rings is 1. The molecule has 15 heavy (non-hydrogen) atoms. The topological polar surface area (TPSA) is 92.4 Å². The maximum Gasteiger partial charge on any atom is 0.308 e. The van der Waals surface area contributed by atoms with Gasteiger partial charge < -0.3 is 14.8 Å². The van der Waals surface area contributed by atoms with E-state index in [1.807, 2.05) is 0 Å². The fourth-order valence-corrected chi connectivity index (χ4v) is 0.933. The molecule has 0 saturated heterocycles. The zero-order valence-electron chi connectivity index (χ0n) is 8.48. The minimum absolute atomic E-state index is 0.0638. The van der Waals surface area contributed by atoms with Gasteiger partial charge in [0, 0.05) is 6.54 Å². The van der Waals surface area contributed by atoms with Crippen LogP contribution in [0.25, 0.3) is 0 Å². The lowest BCUT2D eigenvalue weighted by atomic mass is 10.2. The van der Waals surface area contributed by atoms with Gasteiger partial charge in [0.15, 0.2) is 6.39 Å². The number of aliphatic carboxylic acids is 1. The summed E-state index contributed by atoms with van der Waals surface area (Å²) in [6.45, 7) is 3.21. The SMILES string of the molecule is Cc1ncoc1C(=O)NCC(C)C(=O)O. The van der Waals surface area contributed by atoms with Gasteiger partial charge in [0.2, 0.25) is 5.76 Å². The largest absolute Gasteiger partial charge is 0.481 e. The van der Waals surface area contributed by atoms with Crippen molar-refractivity contribution in [1.82, 2.24) is 10.3 Å². The molecule has 1 heterocycles. The number of aryl methyl sites for hydroxylation is 1. The average molecular weight is 212 g/mol. The third kappa shape index (κ3) is 2.80. The molecule has 82 valence electrons. The molecule has 0 fully saturated rings. The molecule has 0 bridgehead atoms. The molecule has 0 aliphatic heterocycles. The number of carboxylic acids is 1. The molecular formula is C9H12N2O4. The van der Waals surface area contributed by atoms with Crippen molar-refractivity contribution in [3.63, 3.8) is 0 Å². The summed E-state index contributed by atoms with van der Waals surface area (Å²) in [5.41, 5.74) is 0.482. The van der Waals surface area contributed by atoms with Crippen LogP contribution in [0.15, 0.2) is 10.8 Å². The predicted molar refractivity (Wildman–Crippen MR) is 50.4 cm³/mol. The molecule has 0 radical (unpaired) electrons. The van der Waals surface area contributed by atoms with E-state index in [-0.39, 0.29) is 12.3 Å². The third-order valence-electron chi connectivity index (χ3n) is 1.94. The van der Waals surface area contributed by atoms with Crippen LogP contribution in [0.5, 0.6) is 0 Å². The monoisotopic (exact) mass is 212 g/mol. The molecule has 0 aliphatic rings. The number of hydrogen-bond acceptors (Lipinski definition) is 4. The summed E-state index contributed by atoms with van der Waals surface area (Å²) < 4.78 is 4.85. The van der Waals surface area contributed by atoms with Gasteiger partial charge in [-0.2, -0.15) is 0 Å². The number of carboxylic acid groups (broad SMARTS) is 1. The lowest BCUT2D eigenvalue weighted by Crippen LogP contribution is -2.31. The molecule has 1 unspecified atom stereocenters. The third-order valence-corrected chi connectivity index (χ3v) is 1.94. The summed E-state index contributed by atoms with van der Waals surface area (Å²) in [7, 11) is 0. The number of amides is 1. The Morgan fingerprint density at radius 1 is 1.67 bits per heavy atom. The highest BCUT2D eigenvalue weighted by Crippen LogP contribution is 2.04. The first-order valence-electron chi connectivity index (χ1n) is 4.43. The molecule has 1 atom stereocenters. The highest BCUT2D eigenvalue weighted by molar-refractivity contribution is 5.92. The van der Waals surface area contributed by atoms with Crippen molar-refractivity contribution in [3.05, 3.63) is 17.8 Å². The van der Waals surface area contributed by atoms with Crippen LogP contribution in [0, 0.1) is 12.8 Å². The van der Waals surface area contributed by atoms with Gasteiger partial charge in [0.25, 0.3) is 5.91 Å². The number of rotatable bonds is 4. The van der Waals surface area contributed by atoms with Gasteiger partial charge in [0.1, 0.15) is 0 Å². The predicted octanol–water partition coefficient (Wildman–Crippen LogP) is 0.434. The molecule has 0 saturated carbocycles. The second-order valence-electron chi connectivity index (χ2n) is 3.22. The minimum atomic E-state index is -0.954. The van der Waals surface area contributed by atoms with Gasteiger partial charge in [-0.3, -0.25) is 9.59 Å². The Bertz CT molecular complexity index is 372. The van der Waals surface area contributed by atoms with Crippen LogP contribution in [0.3, 0.4) is 0 Å². The summed E-state index contributed by atoms with van der Waals surface area (Å²) in [5, 5.41) is 11.0. The molecule has 2 N–H and O–H groups in total. The van der Waals surface area contributed by atoms with Gasteiger partial charge in [-0.1, -0.05) is 6.92 Å². The standard InChI is InChI=1S/C9H12N2O4/c1-5(9(13)14)3-10-8(12)7-6(2)11-4-15-7/h4-5H,3H2,1-2H3,(H,10,12)(H,13,14). The molecule has 1 aromatic heterocycles. The van der Waals surface area contributed by atoms with E-state index in [1.54, 1.807) is 6.92 Å². The lowest BCUT2D eigenvalue weighted by Gasteiger charge is -2.06. The number of carbonyl (C=O) groups is 2. The van der Waals surface area contributed by atoms with Crippen molar-refractivity contribution in [2.24, 2.45) is 5.92 Å². The fourth-order valence-electron chi connectivity index (χ4n) is 0.933. The average Bonchev–Trinajstić information content (AvgIpc) is 2.60. The Balaban J connectivity index is 2.51. The summed E-state index contributed by atoms with van der Waals surface area (Å²) in [6, 6.07) is 0. The van der Waals surface area contributed by atoms with E-state index >= 15 is 0 Å². The summed E-state index contributed by atoms with van der Waals surface area (Å²) in [4.78, 5) is 25.7. The van der Waals surface area contributed by atoms with E-state index in [4.69, 9.17) is 9.52 Å². The summed E-state index contributed by atoms with van der Waals surface area (Å²) in [5.74, 6) is -1.91. The van der Waals surface area contributed by atoms with Crippen LogP contribution in [0.4, 0.5) is 0 Å². The summed E-state index contributed by atoms with van der Waals surface area (Å²) in [6.07, 6.45) is 1.17. The normalized spacial score (nSPS) is 12.1. The van der Waals surface area contributed by atoms with Crippen molar-refractivity contribution >= 4 is 11.9 Å². The minimum Gasteiger partial charge on any atom is -0.481 e. The van der Waals surface area contributed by atoms with Crippen LogP contribution in [-0.2, 0) is 4.79 Å². The number of aromatic nitrogens is 1. The maximum absolute atomic E-state index is 11.4. The van der Waals surface area contributed by atoms with Crippen LogP contribution in [0.2, 0.25) is 0 Å². The molecule has 6 heteroatoms. The first kappa shape index (κ1) is 11.2. The van der Waals surface area contributed by atoms with E-state index < -0.39 is 17.8 Å². The lowest BCUT2D eigenvalue weighted by molar-refractivity contribution is -0.140. The number of hydrogen-bond donors (Lipinski definition) is 2. The molecule has 0 aliphatic carbocycles. The summed E-state index contributed by atoms with van der Waals surface area (Å²) >= 11 is 0. The highest BCUT2D eigenvalue weighted by Gasteiger charge is 2.16. The van der Waals surface area contributed by atoms with E-state index in [2.05, 4.69) is 10.3 Å². The molecule has 0 spiro atoms. The smallest absolute Gasteiger partial charge is 0.308 e. The maximum atomic E-state index is 11.4. The quantitative estimate of drug-likeness (QED) is 0.755. The Hall–Kier alpha value is -1.85. The van der Waals surface area contributed by atoms with Crippen LogP contribution >= 0.6 is 0 Å².